The third-order valence-corrected chi connectivity index (χ3v) is 3.32. The lowest BCUT2D eigenvalue weighted by atomic mass is 9.99. The summed E-state index contributed by atoms with van der Waals surface area (Å²) in [7, 11) is 0. The van der Waals surface area contributed by atoms with Gasteiger partial charge in [0.25, 0.3) is 0 Å². The molecule has 0 bridgehead atoms. The Labute approximate surface area is 103 Å². The van der Waals surface area contributed by atoms with Gasteiger partial charge in [0, 0.05) is 0 Å². The minimum atomic E-state index is 0.906. The second-order valence-corrected chi connectivity index (χ2v) is 4.67. The average molecular weight is 222 g/mol. The van der Waals surface area contributed by atoms with E-state index in [0.717, 1.165) is 5.92 Å². The first-order chi connectivity index (χ1) is 7.85. The molecule has 0 spiro atoms. The van der Waals surface area contributed by atoms with Crippen LogP contribution in [0.1, 0.15) is 71.6 Å². The predicted octanol–water partition coefficient (Wildman–Crippen LogP) is 5.90. The molecule has 0 aliphatic rings. The van der Waals surface area contributed by atoms with Crippen LogP contribution in [0.4, 0.5) is 0 Å². The van der Waals surface area contributed by atoms with Gasteiger partial charge >= 0.3 is 0 Å². The highest BCUT2D eigenvalue weighted by Gasteiger charge is 1.98. The summed E-state index contributed by atoms with van der Waals surface area (Å²) >= 11 is 0. The monoisotopic (exact) mass is 222 g/mol. The quantitative estimate of drug-likeness (QED) is 0.302. The molecule has 16 heavy (non-hydrogen) atoms. The van der Waals surface area contributed by atoms with Crippen molar-refractivity contribution in [3.63, 3.8) is 0 Å². The van der Waals surface area contributed by atoms with Crippen molar-refractivity contribution >= 4 is 0 Å². The Morgan fingerprint density at radius 1 is 0.875 bits per heavy atom. The molecule has 0 aromatic heterocycles. The zero-order chi connectivity index (χ0) is 12.1. The summed E-state index contributed by atoms with van der Waals surface area (Å²) < 4.78 is 0. The second kappa shape index (κ2) is 12.5. The van der Waals surface area contributed by atoms with Crippen LogP contribution in [0.15, 0.2) is 24.8 Å². The van der Waals surface area contributed by atoms with E-state index in [1.165, 1.54) is 57.8 Å². The van der Waals surface area contributed by atoms with Crippen molar-refractivity contribution in [3.05, 3.63) is 24.8 Å². The fourth-order valence-electron chi connectivity index (χ4n) is 1.93. The molecule has 94 valence electrons. The molecule has 0 radical (unpaired) electrons. The molecule has 0 amide bonds. The molecule has 0 N–H and O–H groups in total. The van der Waals surface area contributed by atoms with Crippen molar-refractivity contribution in [2.75, 3.05) is 0 Å². The van der Waals surface area contributed by atoms with Crippen LogP contribution < -0.4 is 0 Å². The van der Waals surface area contributed by atoms with E-state index in [2.05, 4.69) is 32.6 Å². The molecule has 0 aromatic carbocycles. The molecule has 0 nitrogen and oxygen atoms in total. The number of hydrogen-bond donors (Lipinski definition) is 0. The van der Waals surface area contributed by atoms with Crippen LogP contribution >= 0.6 is 0 Å². The summed E-state index contributed by atoms with van der Waals surface area (Å²) in [6, 6.07) is 0. The van der Waals surface area contributed by atoms with Crippen LogP contribution in [-0.4, -0.2) is 0 Å². The summed E-state index contributed by atoms with van der Waals surface area (Å²) in [4.78, 5) is 0. The van der Waals surface area contributed by atoms with E-state index < -0.39 is 0 Å². The number of hydrogen-bond acceptors (Lipinski definition) is 0. The van der Waals surface area contributed by atoms with Crippen LogP contribution in [0, 0.1) is 5.92 Å². The van der Waals surface area contributed by atoms with Gasteiger partial charge in [-0.3, -0.25) is 0 Å². The minimum absolute atomic E-state index is 0.906. The zero-order valence-electron chi connectivity index (χ0n) is 11.4. The predicted molar refractivity (Wildman–Crippen MR) is 75.7 cm³/mol. The molecule has 0 unspecified atom stereocenters. The molecule has 0 fully saturated rings. The highest BCUT2D eigenvalue weighted by atomic mass is 14.0. The van der Waals surface area contributed by atoms with Gasteiger partial charge in [0.15, 0.2) is 0 Å². The van der Waals surface area contributed by atoms with Gasteiger partial charge in [-0.1, -0.05) is 57.8 Å². The normalized spacial score (nSPS) is 11.4. The van der Waals surface area contributed by atoms with Crippen molar-refractivity contribution < 1.29 is 0 Å². The van der Waals surface area contributed by atoms with Gasteiger partial charge in [-0.15, -0.1) is 6.58 Å². The van der Waals surface area contributed by atoms with E-state index in [1.807, 2.05) is 6.08 Å². The standard InChI is InChI=1S/C16H30/c1-4-7-8-9-10-11-12-13-14-15-16(5-2)6-3/h4,13-14,16H,1,5-12,15H2,2-3H3. The highest BCUT2D eigenvalue weighted by molar-refractivity contribution is 4.83. The lowest BCUT2D eigenvalue weighted by molar-refractivity contribution is 0.499. The summed E-state index contributed by atoms with van der Waals surface area (Å²) in [6.45, 7) is 8.33. The van der Waals surface area contributed by atoms with Gasteiger partial charge < -0.3 is 0 Å². The maximum Gasteiger partial charge on any atom is -0.0322 e. The van der Waals surface area contributed by atoms with Crippen LogP contribution in [-0.2, 0) is 0 Å². The Morgan fingerprint density at radius 3 is 2.06 bits per heavy atom. The van der Waals surface area contributed by atoms with Crippen molar-refractivity contribution in [3.8, 4) is 0 Å². The van der Waals surface area contributed by atoms with E-state index in [-0.39, 0.29) is 0 Å². The second-order valence-electron chi connectivity index (χ2n) is 4.67. The van der Waals surface area contributed by atoms with Gasteiger partial charge in [-0.25, -0.2) is 0 Å². The van der Waals surface area contributed by atoms with Crippen LogP contribution in [0.2, 0.25) is 0 Å². The average Bonchev–Trinajstić information content (AvgIpc) is 2.32. The fraction of sp³-hybridized carbons (Fsp3) is 0.750. The number of unbranched alkanes of at least 4 members (excludes halogenated alkanes) is 5. The van der Waals surface area contributed by atoms with Gasteiger partial charge in [-0.2, -0.15) is 0 Å². The SMILES string of the molecule is C=CCCCCCCC=CCC(CC)CC. The molecule has 0 aliphatic heterocycles. The Morgan fingerprint density at radius 2 is 1.50 bits per heavy atom. The Kier molecular flexibility index (Phi) is 12.1. The summed E-state index contributed by atoms with van der Waals surface area (Å²) in [5.74, 6) is 0.906. The minimum Gasteiger partial charge on any atom is -0.103 e. The Hall–Kier alpha value is -0.520. The van der Waals surface area contributed by atoms with E-state index in [1.54, 1.807) is 0 Å². The highest BCUT2D eigenvalue weighted by Crippen LogP contribution is 2.13. The number of rotatable bonds is 11. The van der Waals surface area contributed by atoms with Crippen molar-refractivity contribution in [1.82, 2.24) is 0 Å². The molecule has 0 atom stereocenters. The lowest BCUT2D eigenvalue weighted by Gasteiger charge is -2.07. The van der Waals surface area contributed by atoms with E-state index >= 15 is 0 Å². The van der Waals surface area contributed by atoms with E-state index in [9.17, 15) is 0 Å². The Bertz CT molecular complexity index is 163. The van der Waals surface area contributed by atoms with Gasteiger partial charge in [-0.05, 0) is 38.0 Å². The fourth-order valence-corrected chi connectivity index (χ4v) is 1.93. The van der Waals surface area contributed by atoms with Crippen molar-refractivity contribution in [2.45, 2.75) is 71.6 Å². The molecule has 0 aliphatic carbocycles. The molecule has 0 saturated carbocycles. The van der Waals surface area contributed by atoms with Crippen LogP contribution in [0.3, 0.4) is 0 Å². The lowest BCUT2D eigenvalue weighted by Crippen LogP contribution is -1.93. The number of allylic oxidation sites excluding steroid dienone is 3. The van der Waals surface area contributed by atoms with Crippen LogP contribution in [0.25, 0.3) is 0 Å². The first kappa shape index (κ1) is 15.5. The van der Waals surface area contributed by atoms with E-state index in [4.69, 9.17) is 0 Å². The topological polar surface area (TPSA) is 0 Å². The zero-order valence-corrected chi connectivity index (χ0v) is 11.4. The molecule has 0 heterocycles. The molecular weight excluding hydrogens is 192 g/mol. The van der Waals surface area contributed by atoms with Gasteiger partial charge in [0.05, 0.1) is 0 Å². The van der Waals surface area contributed by atoms with Crippen LogP contribution in [0.5, 0.6) is 0 Å². The summed E-state index contributed by atoms with van der Waals surface area (Å²) in [5.41, 5.74) is 0. The molecular formula is C16H30. The smallest absolute Gasteiger partial charge is 0.0322 e. The van der Waals surface area contributed by atoms with Crippen molar-refractivity contribution in [1.29, 1.82) is 0 Å². The molecule has 0 aromatic rings. The van der Waals surface area contributed by atoms with E-state index in [0.29, 0.717) is 0 Å². The van der Waals surface area contributed by atoms with Crippen molar-refractivity contribution in [2.24, 2.45) is 5.92 Å². The molecule has 0 saturated heterocycles. The Balaban J connectivity index is 3.23. The summed E-state index contributed by atoms with van der Waals surface area (Å²) in [5, 5.41) is 0. The third-order valence-electron chi connectivity index (χ3n) is 3.32. The first-order valence-corrected chi connectivity index (χ1v) is 7.11. The largest absolute Gasteiger partial charge is 0.103 e. The summed E-state index contributed by atoms with van der Waals surface area (Å²) in [6.07, 6.45) is 18.6. The third kappa shape index (κ3) is 10.0. The molecule has 0 rings (SSSR count). The van der Waals surface area contributed by atoms with Gasteiger partial charge in [0.2, 0.25) is 0 Å². The maximum absolute atomic E-state index is 3.74. The first-order valence-electron chi connectivity index (χ1n) is 7.11. The van der Waals surface area contributed by atoms with Gasteiger partial charge in [0.1, 0.15) is 0 Å². The molecule has 0 heteroatoms. The maximum atomic E-state index is 3.74.